The van der Waals surface area contributed by atoms with Gasteiger partial charge in [-0.3, -0.25) is 4.79 Å². The van der Waals surface area contributed by atoms with Gasteiger partial charge in [-0.05, 0) is 74.4 Å². The highest BCUT2D eigenvalue weighted by atomic mass is 35.5. The van der Waals surface area contributed by atoms with Gasteiger partial charge in [0.25, 0.3) is 5.91 Å². The van der Waals surface area contributed by atoms with Gasteiger partial charge in [-0.2, -0.15) is 5.26 Å². The molecule has 0 aliphatic carbocycles. The number of nitrogens with one attached hydrogen (secondary N) is 1. The van der Waals surface area contributed by atoms with Crippen molar-refractivity contribution < 1.29 is 9.53 Å². The standard InChI is InChI=1S/C27H24Cl2N2O2/c1-4-33-26-15-20(12-21(16-30)27(32)31-23-7-5-22(28)6-8-23)14-25(29)24(26)13-19-10-17(2)9-18(3)11-19/h5-12,14-15H,4,13H2,1-3H3,(H,31,32)/b21-12+. The Morgan fingerprint density at radius 3 is 2.33 bits per heavy atom. The summed E-state index contributed by atoms with van der Waals surface area (Å²) in [5.41, 5.74) is 5.47. The van der Waals surface area contributed by atoms with E-state index in [4.69, 9.17) is 27.9 Å². The number of carbonyl (C=O) groups excluding carboxylic acids is 1. The molecule has 6 heteroatoms. The van der Waals surface area contributed by atoms with Crippen molar-refractivity contribution in [2.45, 2.75) is 27.2 Å². The number of anilines is 1. The Balaban J connectivity index is 1.92. The lowest BCUT2D eigenvalue weighted by Crippen LogP contribution is -2.13. The molecule has 0 saturated carbocycles. The maximum Gasteiger partial charge on any atom is 0.266 e. The maximum atomic E-state index is 12.6. The van der Waals surface area contributed by atoms with E-state index >= 15 is 0 Å². The van der Waals surface area contributed by atoms with Crippen LogP contribution in [0.4, 0.5) is 5.69 Å². The van der Waals surface area contributed by atoms with Crippen LogP contribution in [-0.2, 0) is 11.2 Å². The summed E-state index contributed by atoms with van der Waals surface area (Å²) in [6, 6.07) is 18.5. The molecule has 0 radical (unpaired) electrons. The Morgan fingerprint density at radius 2 is 1.73 bits per heavy atom. The van der Waals surface area contributed by atoms with E-state index in [-0.39, 0.29) is 5.57 Å². The molecule has 33 heavy (non-hydrogen) atoms. The number of nitrogens with zero attached hydrogens (tertiary/aromatic N) is 1. The van der Waals surface area contributed by atoms with Crippen molar-refractivity contribution >= 4 is 40.9 Å². The topological polar surface area (TPSA) is 62.1 Å². The van der Waals surface area contributed by atoms with Gasteiger partial charge in [0.05, 0.1) is 6.61 Å². The van der Waals surface area contributed by atoms with Gasteiger partial charge < -0.3 is 10.1 Å². The Kier molecular flexibility index (Phi) is 8.16. The van der Waals surface area contributed by atoms with E-state index < -0.39 is 5.91 Å². The first-order chi connectivity index (χ1) is 15.8. The zero-order valence-electron chi connectivity index (χ0n) is 18.7. The third-order valence-corrected chi connectivity index (χ3v) is 5.51. The lowest BCUT2D eigenvalue weighted by atomic mass is 9.98. The number of carbonyl (C=O) groups is 1. The van der Waals surface area contributed by atoms with Crippen LogP contribution in [0.1, 0.15) is 34.7 Å². The summed E-state index contributed by atoms with van der Waals surface area (Å²) in [6.07, 6.45) is 2.11. The highest BCUT2D eigenvalue weighted by Gasteiger charge is 2.14. The molecule has 3 aromatic carbocycles. The van der Waals surface area contributed by atoms with E-state index in [0.717, 1.165) is 11.1 Å². The third kappa shape index (κ3) is 6.61. The predicted octanol–water partition coefficient (Wildman–Crippen LogP) is 7.15. The second-order valence-electron chi connectivity index (χ2n) is 7.72. The second kappa shape index (κ2) is 11.0. The van der Waals surface area contributed by atoms with E-state index in [1.807, 2.05) is 13.0 Å². The van der Waals surface area contributed by atoms with Crippen molar-refractivity contribution in [1.29, 1.82) is 5.26 Å². The van der Waals surface area contributed by atoms with Gasteiger partial charge in [0.2, 0.25) is 0 Å². The highest BCUT2D eigenvalue weighted by molar-refractivity contribution is 6.32. The summed E-state index contributed by atoms with van der Waals surface area (Å²) in [6.45, 7) is 6.49. The molecule has 3 aromatic rings. The van der Waals surface area contributed by atoms with Crippen molar-refractivity contribution in [1.82, 2.24) is 0 Å². The number of nitriles is 1. The monoisotopic (exact) mass is 478 g/mol. The van der Waals surface area contributed by atoms with E-state index in [1.54, 1.807) is 36.4 Å². The number of halogens is 2. The number of benzene rings is 3. The lowest BCUT2D eigenvalue weighted by molar-refractivity contribution is -0.112. The predicted molar refractivity (Wildman–Crippen MR) is 135 cm³/mol. The number of amides is 1. The molecule has 0 bridgehead atoms. The second-order valence-corrected chi connectivity index (χ2v) is 8.56. The van der Waals surface area contributed by atoms with Gasteiger partial charge >= 0.3 is 0 Å². The minimum absolute atomic E-state index is 0.0504. The molecule has 4 nitrogen and oxygen atoms in total. The maximum absolute atomic E-state index is 12.6. The minimum atomic E-state index is -0.520. The van der Waals surface area contributed by atoms with Gasteiger partial charge in [0, 0.05) is 27.7 Å². The molecule has 1 N–H and O–H groups in total. The molecule has 0 heterocycles. The SMILES string of the molecule is CCOc1cc(/C=C(\C#N)C(=O)Nc2ccc(Cl)cc2)cc(Cl)c1Cc1cc(C)cc(C)c1. The number of ether oxygens (including phenoxy) is 1. The molecule has 0 atom stereocenters. The molecule has 0 saturated heterocycles. The normalized spacial score (nSPS) is 11.1. The summed E-state index contributed by atoms with van der Waals surface area (Å²) in [5.74, 6) is 0.110. The van der Waals surface area contributed by atoms with Gasteiger partial charge in [0.1, 0.15) is 17.4 Å². The van der Waals surface area contributed by atoms with Crippen molar-refractivity contribution in [2.24, 2.45) is 0 Å². The molecular weight excluding hydrogens is 455 g/mol. The number of rotatable bonds is 7. The summed E-state index contributed by atoms with van der Waals surface area (Å²) >= 11 is 12.5. The Morgan fingerprint density at radius 1 is 1.06 bits per heavy atom. The zero-order valence-corrected chi connectivity index (χ0v) is 20.2. The first kappa shape index (κ1) is 24.4. The van der Waals surface area contributed by atoms with E-state index in [9.17, 15) is 10.1 Å². The van der Waals surface area contributed by atoms with Gasteiger partial charge in [-0.1, -0.05) is 52.5 Å². The molecular formula is C27H24Cl2N2O2. The van der Waals surface area contributed by atoms with E-state index in [0.29, 0.717) is 40.1 Å². The van der Waals surface area contributed by atoms with Crippen LogP contribution in [0.15, 0.2) is 60.2 Å². The molecule has 0 aliphatic rings. The fraction of sp³-hybridized carbons (Fsp3) is 0.185. The number of hydrogen-bond donors (Lipinski definition) is 1. The molecule has 0 fully saturated rings. The Hall–Kier alpha value is -3.26. The zero-order chi connectivity index (χ0) is 24.0. The summed E-state index contributed by atoms with van der Waals surface area (Å²) < 4.78 is 5.86. The van der Waals surface area contributed by atoms with Gasteiger partial charge in [0.15, 0.2) is 0 Å². The van der Waals surface area contributed by atoms with Crippen molar-refractivity contribution in [2.75, 3.05) is 11.9 Å². The fourth-order valence-electron chi connectivity index (χ4n) is 3.59. The van der Waals surface area contributed by atoms with Crippen molar-refractivity contribution in [3.63, 3.8) is 0 Å². The Bertz CT molecular complexity index is 1220. The summed E-state index contributed by atoms with van der Waals surface area (Å²) in [4.78, 5) is 12.6. The van der Waals surface area contributed by atoms with Crippen molar-refractivity contribution in [3.8, 4) is 11.8 Å². The van der Waals surface area contributed by atoms with Crippen LogP contribution in [0.5, 0.6) is 5.75 Å². The summed E-state index contributed by atoms with van der Waals surface area (Å²) in [7, 11) is 0. The fourth-order valence-corrected chi connectivity index (χ4v) is 4.00. The third-order valence-electron chi connectivity index (χ3n) is 4.92. The van der Waals surface area contributed by atoms with Crippen LogP contribution in [0.25, 0.3) is 6.08 Å². The molecule has 3 rings (SSSR count). The number of aryl methyl sites for hydroxylation is 2. The molecule has 168 valence electrons. The van der Waals surface area contributed by atoms with E-state index in [1.165, 1.54) is 17.2 Å². The van der Waals surface area contributed by atoms with Gasteiger partial charge in [-0.15, -0.1) is 0 Å². The Labute approximate surface area is 204 Å². The average Bonchev–Trinajstić information content (AvgIpc) is 2.75. The first-order valence-corrected chi connectivity index (χ1v) is 11.3. The average molecular weight is 479 g/mol. The van der Waals surface area contributed by atoms with Crippen LogP contribution in [0.3, 0.4) is 0 Å². The van der Waals surface area contributed by atoms with Crippen LogP contribution in [0, 0.1) is 25.2 Å². The van der Waals surface area contributed by atoms with Crippen LogP contribution >= 0.6 is 23.2 Å². The van der Waals surface area contributed by atoms with Gasteiger partial charge in [-0.25, -0.2) is 0 Å². The molecule has 0 spiro atoms. The van der Waals surface area contributed by atoms with Crippen LogP contribution < -0.4 is 10.1 Å². The first-order valence-electron chi connectivity index (χ1n) is 10.5. The minimum Gasteiger partial charge on any atom is -0.494 e. The molecule has 1 amide bonds. The molecule has 0 unspecified atom stereocenters. The van der Waals surface area contributed by atoms with E-state index in [2.05, 4.69) is 37.4 Å². The smallest absolute Gasteiger partial charge is 0.266 e. The quantitative estimate of drug-likeness (QED) is 0.289. The summed E-state index contributed by atoms with van der Waals surface area (Å²) in [5, 5.41) is 13.3. The largest absolute Gasteiger partial charge is 0.494 e. The lowest BCUT2D eigenvalue weighted by Gasteiger charge is -2.14. The molecule has 0 aliphatic heterocycles. The highest BCUT2D eigenvalue weighted by Crippen LogP contribution is 2.32. The van der Waals surface area contributed by atoms with Crippen LogP contribution in [-0.4, -0.2) is 12.5 Å². The molecule has 0 aromatic heterocycles. The number of hydrogen-bond acceptors (Lipinski definition) is 3. The van der Waals surface area contributed by atoms with Crippen LogP contribution in [0.2, 0.25) is 10.0 Å². The van der Waals surface area contributed by atoms with Crippen molar-refractivity contribution in [3.05, 3.63) is 98.0 Å².